The van der Waals surface area contributed by atoms with E-state index in [1.165, 1.54) is 11.8 Å². The van der Waals surface area contributed by atoms with Gasteiger partial charge in [0.2, 0.25) is 5.78 Å². The van der Waals surface area contributed by atoms with Gasteiger partial charge in [-0.15, -0.1) is 0 Å². The molecule has 1 amide bonds. The SMILES string of the molecule is CC(=O)C(=O)N(C)c1ccc2nc(C)[nH]c2c1. The van der Waals surface area contributed by atoms with Crippen LogP contribution in [0.15, 0.2) is 18.2 Å². The van der Waals surface area contributed by atoms with Gasteiger partial charge in [-0.05, 0) is 25.1 Å². The Labute approximate surface area is 98.4 Å². The molecule has 0 unspecified atom stereocenters. The first kappa shape index (κ1) is 11.3. The first-order valence-electron chi connectivity index (χ1n) is 5.24. The van der Waals surface area contributed by atoms with Crippen molar-refractivity contribution in [2.75, 3.05) is 11.9 Å². The van der Waals surface area contributed by atoms with Gasteiger partial charge in [0.15, 0.2) is 0 Å². The van der Waals surface area contributed by atoms with Crippen molar-refractivity contribution in [3.8, 4) is 0 Å². The van der Waals surface area contributed by atoms with Gasteiger partial charge < -0.3 is 9.88 Å². The zero-order valence-electron chi connectivity index (χ0n) is 9.94. The number of aromatic amines is 1. The first-order chi connectivity index (χ1) is 7.99. The zero-order chi connectivity index (χ0) is 12.6. The number of Topliss-reactive ketones (excluding diaryl/α,β-unsaturated/α-hetero) is 1. The maximum atomic E-state index is 11.5. The van der Waals surface area contributed by atoms with Crippen LogP contribution >= 0.6 is 0 Å². The highest BCUT2D eigenvalue weighted by molar-refractivity contribution is 6.40. The third kappa shape index (κ3) is 2.04. The summed E-state index contributed by atoms with van der Waals surface area (Å²) in [5, 5.41) is 0. The number of nitrogens with one attached hydrogen (secondary N) is 1. The fraction of sp³-hybridized carbons (Fsp3) is 0.250. The van der Waals surface area contributed by atoms with Gasteiger partial charge in [-0.2, -0.15) is 0 Å². The van der Waals surface area contributed by atoms with Gasteiger partial charge in [-0.25, -0.2) is 4.98 Å². The number of amides is 1. The van der Waals surface area contributed by atoms with Crippen LogP contribution < -0.4 is 4.90 Å². The number of hydrogen-bond donors (Lipinski definition) is 1. The summed E-state index contributed by atoms with van der Waals surface area (Å²) in [6, 6.07) is 5.39. The zero-order valence-corrected chi connectivity index (χ0v) is 9.94. The van der Waals surface area contributed by atoms with Gasteiger partial charge in [0, 0.05) is 19.7 Å². The number of rotatable bonds is 2. The van der Waals surface area contributed by atoms with Crippen molar-refractivity contribution in [2.45, 2.75) is 13.8 Å². The number of fused-ring (bicyclic) bond motifs is 1. The van der Waals surface area contributed by atoms with Crippen molar-refractivity contribution in [3.63, 3.8) is 0 Å². The van der Waals surface area contributed by atoms with Gasteiger partial charge in [0.1, 0.15) is 5.82 Å². The van der Waals surface area contributed by atoms with E-state index >= 15 is 0 Å². The number of H-pyrrole nitrogens is 1. The van der Waals surface area contributed by atoms with E-state index in [0.717, 1.165) is 16.9 Å². The Morgan fingerprint density at radius 2 is 2.06 bits per heavy atom. The molecule has 1 aromatic heterocycles. The second-order valence-corrected chi connectivity index (χ2v) is 3.94. The molecule has 0 fully saturated rings. The van der Waals surface area contributed by atoms with Crippen LogP contribution in [0, 0.1) is 6.92 Å². The van der Waals surface area contributed by atoms with Crippen LogP contribution in [-0.4, -0.2) is 28.7 Å². The summed E-state index contributed by atoms with van der Waals surface area (Å²) < 4.78 is 0. The monoisotopic (exact) mass is 231 g/mol. The predicted octanol–water partition coefficient (Wildman–Crippen LogP) is 1.42. The fourth-order valence-electron chi connectivity index (χ4n) is 1.69. The molecule has 88 valence electrons. The van der Waals surface area contributed by atoms with E-state index < -0.39 is 11.7 Å². The predicted molar refractivity (Wildman–Crippen MR) is 64.9 cm³/mol. The average Bonchev–Trinajstić information content (AvgIpc) is 2.65. The lowest BCUT2D eigenvalue weighted by molar-refractivity contribution is -0.134. The number of carbonyl (C=O) groups excluding carboxylic acids is 2. The third-order valence-corrected chi connectivity index (χ3v) is 2.58. The molecule has 0 spiro atoms. The molecule has 2 aromatic rings. The Kier molecular flexibility index (Phi) is 2.67. The second kappa shape index (κ2) is 4.01. The Balaban J connectivity index is 2.42. The maximum absolute atomic E-state index is 11.5. The van der Waals surface area contributed by atoms with Crippen LogP contribution in [0.4, 0.5) is 5.69 Å². The van der Waals surface area contributed by atoms with Crippen LogP contribution in [0.25, 0.3) is 11.0 Å². The largest absolute Gasteiger partial charge is 0.342 e. The molecule has 0 aliphatic heterocycles. The van der Waals surface area contributed by atoms with Crippen molar-refractivity contribution in [1.82, 2.24) is 9.97 Å². The van der Waals surface area contributed by atoms with Crippen molar-refractivity contribution in [1.29, 1.82) is 0 Å². The van der Waals surface area contributed by atoms with E-state index in [-0.39, 0.29) is 0 Å². The Morgan fingerprint density at radius 3 is 2.71 bits per heavy atom. The summed E-state index contributed by atoms with van der Waals surface area (Å²) in [6.07, 6.45) is 0. The minimum absolute atomic E-state index is 0.478. The number of ketones is 1. The first-order valence-corrected chi connectivity index (χ1v) is 5.24. The molecule has 5 nitrogen and oxygen atoms in total. The molecule has 0 aliphatic rings. The van der Waals surface area contributed by atoms with E-state index in [2.05, 4.69) is 9.97 Å². The summed E-state index contributed by atoms with van der Waals surface area (Å²) in [6.45, 7) is 3.13. The van der Waals surface area contributed by atoms with Crippen LogP contribution in [0.5, 0.6) is 0 Å². The molecule has 0 atom stereocenters. The number of imidazole rings is 1. The van der Waals surface area contributed by atoms with E-state index in [1.54, 1.807) is 19.2 Å². The van der Waals surface area contributed by atoms with Crippen molar-refractivity contribution < 1.29 is 9.59 Å². The molecule has 0 bridgehead atoms. The molecule has 0 radical (unpaired) electrons. The highest BCUT2D eigenvalue weighted by Crippen LogP contribution is 2.19. The van der Waals surface area contributed by atoms with E-state index in [0.29, 0.717) is 5.69 Å². The number of likely N-dealkylation sites (N-methyl/N-ethyl adjacent to an activating group) is 1. The molecule has 0 saturated heterocycles. The van der Waals surface area contributed by atoms with Crippen LogP contribution in [-0.2, 0) is 9.59 Å². The Bertz CT molecular complexity index is 601. The molecule has 0 aliphatic carbocycles. The Hall–Kier alpha value is -2.17. The minimum Gasteiger partial charge on any atom is -0.342 e. The molecule has 1 N–H and O–H groups in total. The minimum atomic E-state index is -0.527. The average molecular weight is 231 g/mol. The maximum Gasteiger partial charge on any atom is 0.293 e. The van der Waals surface area contributed by atoms with Crippen molar-refractivity contribution >= 4 is 28.4 Å². The van der Waals surface area contributed by atoms with Crippen molar-refractivity contribution in [3.05, 3.63) is 24.0 Å². The quantitative estimate of drug-likeness (QED) is 0.795. The number of nitrogens with zero attached hydrogens (tertiary/aromatic N) is 2. The standard InChI is InChI=1S/C12H13N3O2/c1-7(16)12(17)15(3)9-4-5-10-11(6-9)14-8(2)13-10/h4-6H,1-3H3,(H,13,14). The lowest BCUT2D eigenvalue weighted by atomic mass is 10.2. The van der Waals surface area contributed by atoms with Gasteiger partial charge in [-0.1, -0.05) is 0 Å². The molecular weight excluding hydrogens is 218 g/mol. The highest BCUT2D eigenvalue weighted by atomic mass is 16.2. The van der Waals surface area contributed by atoms with E-state index in [1.807, 2.05) is 13.0 Å². The summed E-state index contributed by atoms with van der Waals surface area (Å²) >= 11 is 0. The summed E-state index contributed by atoms with van der Waals surface area (Å²) in [5.74, 6) is -0.188. The lowest BCUT2D eigenvalue weighted by Crippen LogP contribution is -2.31. The summed E-state index contributed by atoms with van der Waals surface area (Å²) in [4.78, 5) is 31.2. The van der Waals surface area contributed by atoms with Crippen LogP contribution in [0.2, 0.25) is 0 Å². The van der Waals surface area contributed by atoms with Gasteiger partial charge in [0.05, 0.1) is 11.0 Å². The molecule has 5 heteroatoms. The molecular formula is C12H13N3O2. The van der Waals surface area contributed by atoms with Crippen LogP contribution in [0.3, 0.4) is 0 Å². The number of aromatic nitrogens is 2. The number of carbonyl (C=O) groups is 2. The second-order valence-electron chi connectivity index (χ2n) is 3.94. The normalized spacial score (nSPS) is 10.5. The van der Waals surface area contributed by atoms with Gasteiger partial charge in [0.25, 0.3) is 5.91 Å². The number of anilines is 1. The van der Waals surface area contributed by atoms with Crippen molar-refractivity contribution in [2.24, 2.45) is 0 Å². The molecule has 17 heavy (non-hydrogen) atoms. The number of benzene rings is 1. The highest BCUT2D eigenvalue weighted by Gasteiger charge is 2.15. The topological polar surface area (TPSA) is 66.1 Å². The van der Waals surface area contributed by atoms with Crippen LogP contribution in [0.1, 0.15) is 12.7 Å². The van der Waals surface area contributed by atoms with Gasteiger partial charge in [-0.3, -0.25) is 9.59 Å². The molecule has 1 heterocycles. The molecule has 0 saturated carbocycles. The molecule has 2 rings (SSSR count). The fourth-order valence-corrected chi connectivity index (χ4v) is 1.69. The van der Waals surface area contributed by atoms with E-state index in [4.69, 9.17) is 0 Å². The van der Waals surface area contributed by atoms with E-state index in [9.17, 15) is 9.59 Å². The summed E-state index contributed by atoms with van der Waals surface area (Å²) in [5.41, 5.74) is 2.36. The number of hydrogen-bond acceptors (Lipinski definition) is 3. The smallest absolute Gasteiger partial charge is 0.293 e. The molecule has 1 aromatic carbocycles. The third-order valence-electron chi connectivity index (χ3n) is 2.58. The lowest BCUT2D eigenvalue weighted by Gasteiger charge is -2.15. The van der Waals surface area contributed by atoms with Gasteiger partial charge >= 0.3 is 0 Å². The Morgan fingerprint density at radius 1 is 1.35 bits per heavy atom. The number of aryl methyl sites for hydroxylation is 1. The summed E-state index contributed by atoms with van der Waals surface area (Å²) in [7, 11) is 1.58.